The predicted octanol–water partition coefficient (Wildman–Crippen LogP) is 3.63. The summed E-state index contributed by atoms with van der Waals surface area (Å²) in [6, 6.07) is 15.9. The average Bonchev–Trinajstić information content (AvgIpc) is 3.10. The van der Waals surface area contributed by atoms with Crippen LogP contribution >= 0.6 is 11.6 Å². The van der Waals surface area contributed by atoms with E-state index in [2.05, 4.69) is 10.00 Å². The number of aromatic nitrogens is 2. The Morgan fingerprint density at radius 1 is 0.926 bits per heavy atom. The Kier molecular flexibility index (Phi) is 4.81. The second-order valence-corrected chi connectivity index (χ2v) is 6.71. The van der Waals surface area contributed by atoms with E-state index in [-0.39, 0.29) is 11.7 Å². The Balaban J connectivity index is 1.45. The van der Waals surface area contributed by atoms with Crippen LogP contribution in [0.3, 0.4) is 0 Å². The van der Waals surface area contributed by atoms with Crippen molar-refractivity contribution in [2.75, 3.05) is 31.1 Å². The number of piperazine rings is 1. The van der Waals surface area contributed by atoms with E-state index >= 15 is 0 Å². The van der Waals surface area contributed by atoms with Gasteiger partial charge < -0.3 is 9.80 Å². The molecule has 0 bridgehead atoms. The number of halogens is 2. The van der Waals surface area contributed by atoms with Crippen molar-refractivity contribution in [3.05, 3.63) is 77.3 Å². The molecule has 2 heterocycles. The molecule has 0 aliphatic carbocycles. The highest BCUT2D eigenvalue weighted by molar-refractivity contribution is 6.33. The van der Waals surface area contributed by atoms with Gasteiger partial charge in [0.1, 0.15) is 11.0 Å². The van der Waals surface area contributed by atoms with Gasteiger partial charge >= 0.3 is 0 Å². The fourth-order valence-electron chi connectivity index (χ4n) is 3.22. The third-order valence-electron chi connectivity index (χ3n) is 4.70. The van der Waals surface area contributed by atoms with E-state index in [4.69, 9.17) is 11.6 Å². The molecule has 1 saturated heterocycles. The van der Waals surface area contributed by atoms with Crippen LogP contribution in [0.15, 0.2) is 60.8 Å². The summed E-state index contributed by atoms with van der Waals surface area (Å²) in [6.07, 6.45) is 1.52. The lowest BCUT2D eigenvalue weighted by Crippen LogP contribution is -2.48. The molecule has 1 aliphatic heterocycles. The third kappa shape index (κ3) is 3.53. The number of amides is 1. The van der Waals surface area contributed by atoms with E-state index in [1.807, 2.05) is 30.3 Å². The summed E-state index contributed by atoms with van der Waals surface area (Å²) in [5.41, 5.74) is 2.16. The predicted molar refractivity (Wildman–Crippen MR) is 103 cm³/mol. The van der Waals surface area contributed by atoms with Gasteiger partial charge in [-0.1, -0.05) is 29.8 Å². The molecule has 1 aromatic heterocycles. The minimum absolute atomic E-state index is 0.124. The topological polar surface area (TPSA) is 41.4 Å². The average molecular weight is 385 g/mol. The first-order valence-corrected chi connectivity index (χ1v) is 9.10. The Labute approximate surface area is 161 Å². The fourth-order valence-corrected chi connectivity index (χ4v) is 3.49. The number of carbonyl (C=O) groups is 1. The smallest absolute Gasteiger partial charge is 0.258 e. The summed E-state index contributed by atoms with van der Waals surface area (Å²) < 4.78 is 14.6. The van der Waals surface area contributed by atoms with E-state index in [0.29, 0.717) is 36.9 Å². The van der Waals surface area contributed by atoms with Gasteiger partial charge in [0.25, 0.3) is 5.91 Å². The van der Waals surface area contributed by atoms with E-state index in [1.54, 1.807) is 21.7 Å². The van der Waals surface area contributed by atoms with Gasteiger partial charge in [0.15, 0.2) is 0 Å². The van der Waals surface area contributed by atoms with Gasteiger partial charge in [-0.2, -0.15) is 5.10 Å². The zero-order chi connectivity index (χ0) is 18.8. The molecule has 0 saturated carbocycles. The van der Waals surface area contributed by atoms with Gasteiger partial charge in [-0.15, -0.1) is 0 Å². The van der Waals surface area contributed by atoms with Crippen molar-refractivity contribution < 1.29 is 9.18 Å². The highest BCUT2D eigenvalue weighted by Gasteiger charge is 2.26. The van der Waals surface area contributed by atoms with Gasteiger partial charge in [-0.05, 0) is 36.4 Å². The van der Waals surface area contributed by atoms with Crippen molar-refractivity contribution in [2.24, 2.45) is 0 Å². The highest BCUT2D eigenvalue weighted by atomic mass is 35.5. The maximum absolute atomic E-state index is 13.1. The summed E-state index contributed by atoms with van der Waals surface area (Å²) in [5, 5.41) is 4.58. The van der Waals surface area contributed by atoms with Gasteiger partial charge in [-0.3, -0.25) is 4.79 Å². The third-order valence-corrected chi connectivity index (χ3v) is 5.06. The summed E-state index contributed by atoms with van der Waals surface area (Å²) >= 11 is 6.42. The summed E-state index contributed by atoms with van der Waals surface area (Å²) in [6.45, 7) is 2.51. The molecular formula is C20H18ClFN4O. The van der Waals surface area contributed by atoms with Crippen LogP contribution in [0.25, 0.3) is 5.69 Å². The van der Waals surface area contributed by atoms with Gasteiger partial charge in [0.2, 0.25) is 0 Å². The minimum Gasteiger partial charge on any atom is -0.368 e. The molecule has 2 aromatic carbocycles. The lowest BCUT2D eigenvalue weighted by Gasteiger charge is -2.36. The molecule has 0 radical (unpaired) electrons. The first kappa shape index (κ1) is 17.5. The normalized spacial score (nSPS) is 14.4. The van der Waals surface area contributed by atoms with Crippen molar-refractivity contribution in [1.29, 1.82) is 0 Å². The summed E-state index contributed by atoms with van der Waals surface area (Å²) in [4.78, 5) is 16.8. The first-order chi connectivity index (χ1) is 13.1. The fraction of sp³-hybridized carbons (Fsp3) is 0.200. The second kappa shape index (κ2) is 7.40. The van der Waals surface area contributed by atoms with Gasteiger partial charge in [-0.25, -0.2) is 9.07 Å². The van der Waals surface area contributed by atoms with Crippen LogP contribution in [0.5, 0.6) is 0 Å². The Morgan fingerprint density at radius 3 is 2.26 bits per heavy atom. The largest absolute Gasteiger partial charge is 0.368 e. The van der Waals surface area contributed by atoms with Crippen LogP contribution in [-0.4, -0.2) is 46.8 Å². The maximum Gasteiger partial charge on any atom is 0.258 e. The highest BCUT2D eigenvalue weighted by Crippen LogP contribution is 2.23. The molecule has 5 nitrogen and oxygen atoms in total. The number of para-hydroxylation sites is 1. The first-order valence-electron chi connectivity index (χ1n) is 8.72. The monoisotopic (exact) mass is 384 g/mol. The van der Waals surface area contributed by atoms with E-state index in [9.17, 15) is 9.18 Å². The van der Waals surface area contributed by atoms with Crippen LogP contribution in [0, 0.1) is 5.82 Å². The molecule has 0 spiro atoms. The lowest BCUT2D eigenvalue weighted by molar-refractivity contribution is 0.0747. The van der Waals surface area contributed by atoms with Crippen molar-refractivity contribution in [1.82, 2.24) is 14.7 Å². The van der Waals surface area contributed by atoms with Crippen LogP contribution < -0.4 is 4.90 Å². The standard InChI is InChI=1S/C20H18ClFN4O/c21-19-18(14-23-26(19)17-4-2-1-3-5-17)20(27)25-12-10-24(11-13-25)16-8-6-15(22)7-9-16/h1-9,14H,10-13H2. The van der Waals surface area contributed by atoms with E-state index in [0.717, 1.165) is 11.4 Å². The van der Waals surface area contributed by atoms with E-state index < -0.39 is 0 Å². The molecule has 138 valence electrons. The Bertz CT molecular complexity index is 934. The molecule has 27 heavy (non-hydrogen) atoms. The Hall–Kier alpha value is -2.86. The summed E-state index contributed by atoms with van der Waals surface area (Å²) in [7, 11) is 0. The molecule has 7 heteroatoms. The van der Waals surface area contributed by atoms with Crippen molar-refractivity contribution in [2.45, 2.75) is 0 Å². The molecular weight excluding hydrogens is 367 g/mol. The molecule has 4 rings (SSSR count). The number of benzene rings is 2. The molecule has 0 N–H and O–H groups in total. The molecule has 1 aliphatic rings. The SMILES string of the molecule is O=C(c1cnn(-c2ccccc2)c1Cl)N1CCN(c2ccc(F)cc2)CC1. The number of nitrogens with zero attached hydrogens (tertiary/aromatic N) is 4. The van der Waals surface area contributed by atoms with E-state index in [1.165, 1.54) is 18.3 Å². The van der Waals surface area contributed by atoms with Crippen LogP contribution in [0.4, 0.5) is 10.1 Å². The lowest BCUT2D eigenvalue weighted by atomic mass is 10.2. The molecule has 1 amide bonds. The van der Waals surface area contributed by atoms with Crippen molar-refractivity contribution >= 4 is 23.2 Å². The zero-order valence-electron chi connectivity index (χ0n) is 14.6. The molecule has 0 unspecified atom stereocenters. The summed E-state index contributed by atoms with van der Waals surface area (Å²) in [5.74, 6) is -0.376. The molecule has 1 fully saturated rings. The van der Waals surface area contributed by atoms with Crippen LogP contribution in [0.2, 0.25) is 5.15 Å². The minimum atomic E-state index is -0.252. The Morgan fingerprint density at radius 2 is 1.59 bits per heavy atom. The number of hydrogen-bond acceptors (Lipinski definition) is 3. The van der Waals surface area contributed by atoms with Gasteiger partial charge in [0.05, 0.1) is 17.4 Å². The van der Waals surface area contributed by atoms with Crippen molar-refractivity contribution in [3.63, 3.8) is 0 Å². The quantitative estimate of drug-likeness (QED) is 0.692. The zero-order valence-corrected chi connectivity index (χ0v) is 15.3. The van der Waals surface area contributed by atoms with Crippen LogP contribution in [-0.2, 0) is 0 Å². The maximum atomic E-state index is 13.1. The number of anilines is 1. The second-order valence-electron chi connectivity index (χ2n) is 6.35. The number of hydrogen-bond donors (Lipinski definition) is 0. The molecule has 3 aromatic rings. The van der Waals surface area contributed by atoms with Crippen molar-refractivity contribution in [3.8, 4) is 5.69 Å². The number of carbonyl (C=O) groups excluding carboxylic acids is 1. The molecule has 0 atom stereocenters. The van der Waals surface area contributed by atoms with Gasteiger partial charge in [0, 0.05) is 31.9 Å². The number of rotatable bonds is 3. The van der Waals surface area contributed by atoms with Crippen LogP contribution in [0.1, 0.15) is 10.4 Å².